The van der Waals surface area contributed by atoms with Gasteiger partial charge in [0.2, 0.25) is 0 Å². The molecular formula is C46H28N4O2. The minimum absolute atomic E-state index is 0.398. The number of furan rings is 2. The van der Waals surface area contributed by atoms with Crippen molar-refractivity contribution < 1.29 is 8.83 Å². The van der Waals surface area contributed by atoms with Gasteiger partial charge in [0.1, 0.15) is 28.8 Å². The highest BCUT2D eigenvalue weighted by Gasteiger charge is 2.26. The molecule has 11 rings (SSSR count). The summed E-state index contributed by atoms with van der Waals surface area (Å²) in [6.45, 7) is 0. The second-order valence-corrected chi connectivity index (χ2v) is 13.2. The second kappa shape index (κ2) is 11.2. The monoisotopic (exact) mass is 668 g/mol. The molecule has 1 N–H and O–H groups in total. The fraction of sp³-hybridized carbons (Fsp3) is 0.0217. The summed E-state index contributed by atoms with van der Waals surface area (Å²) < 4.78 is 12.5. The van der Waals surface area contributed by atoms with Crippen LogP contribution in [0.1, 0.15) is 22.9 Å². The van der Waals surface area contributed by atoms with Gasteiger partial charge in [0, 0.05) is 38.9 Å². The Balaban J connectivity index is 1.13. The molecule has 3 aromatic heterocycles. The van der Waals surface area contributed by atoms with Crippen molar-refractivity contribution in [2.24, 2.45) is 9.98 Å². The van der Waals surface area contributed by atoms with Crippen molar-refractivity contribution in [3.05, 3.63) is 175 Å². The van der Waals surface area contributed by atoms with Gasteiger partial charge >= 0.3 is 0 Å². The highest BCUT2D eigenvalue weighted by Crippen LogP contribution is 2.40. The lowest BCUT2D eigenvalue weighted by Crippen LogP contribution is -2.33. The molecule has 1 unspecified atom stereocenters. The van der Waals surface area contributed by atoms with Crippen LogP contribution in [0.2, 0.25) is 0 Å². The van der Waals surface area contributed by atoms with Crippen LogP contribution in [0.5, 0.6) is 0 Å². The Morgan fingerprint density at radius 1 is 0.462 bits per heavy atom. The van der Waals surface area contributed by atoms with Crippen LogP contribution in [-0.2, 0) is 0 Å². The van der Waals surface area contributed by atoms with E-state index in [0.29, 0.717) is 11.4 Å². The number of rotatable bonds is 4. The Morgan fingerprint density at radius 3 is 1.90 bits per heavy atom. The molecule has 0 amide bonds. The standard InChI is InChI=1S/C46H28N4O2/c1-2-11-28-24-29(21-20-27(28)10-1)44-48-45(50-46(49-44)37-25-47-26-41-43(37)36-15-6-8-18-39(36)52-41)34-23-22-32(30-12-3-4-13-31(30)34)33-16-9-19-40-42(33)35-14-5-7-17-38(35)51-40/h1-26,44H,(H,48,49,50). The number of pyridine rings is 1. The summed E-state index contributed by atoms with van der Waals surface area (Å²) in [4.78, 5) is 15.1. The van der Waals surface area contributed by atoms with Crippen LogP contribution in [0.15, 0.2) is 177 Å². The van der Waals surface area contributed by atoms with Crippen molar-refractivity contribution >= 4 is 77.1 Å². The zero-order valence-electron chi connectivity index (χ0n) is 27.7. The highest BCUT2D eigenvalue weighted by molar-refractivity contribution is 6.24. The van der Waals surface area contributed by atoms with Gasteiger partial charge in [0.15, 0.2) is 11.4 Å². The van der Waals surface area contributed by atoms with Crippen LogP contribution in [0.3, 0.4) is 0 Å². The Labute approximate surface area is 297 Å². The molecule has 0 spiro atoms. The Bertz CT molecular complexity index is 3130. The molecule has 7 aromatic carbocycles. The lowest BCUT2D eigenvalue weighted by molar-refractivity contribution is 0.666. The number of nitrogens with zero attached hydrogens (tertiary/aromatic N) is 3. The highest BCUT2D eigenvalue weighted by atomic mass is 16.3. The number of amidine groups is 2. The fourth-order valence-electron chi connectivity index (χ4n) is 7.84. The predicted octanol–water partition coefficient (Wildman–Crippen LogP) is 11.3. The molecule has 0 aliphatic carbocycles. The molecule has 52 heavy (non-hydrogen) atoms. The van der Waals surface area contributed by atoms with Crippen LogP contribution in [0.25, 0.3) is 76.5 Å². The molecule has 1 atom stereocenters. The molecule has 0 saturated heterocycles. The first kappa shape index (κ1) is 28.8. The SMILES string of the molecule is c1ccc2cc(C3N=C(c4cncc5oc6ccccc6c45)N=C(c4ccc(-c5cccc6oc7ccccc7c56)c5ccccc45)N3)ccc2c1. The van der Waals surface area contributed by atoms with Crippen molar-refractivity contribution in [3.8, 4) is 11.1 Å². The van der Waals surface area contributed by atoms with E-state index in [2.05, 4.69) is 119 Å². The maximum atomic E-state index is 6.28. The minimum atomic E-state index is -0.398. The largest absolute Gasteiger partial charge is 0.456 e. The molecule has 10 aromatic rings. The lowest BCUT2D eigenvalue weighted by Gasteiger charge is -2.25. The third kappa shape index (κ3) is 4.41. The summed E-state index contributed by atoms with van der Waals surface area (Å²) in [6, 6.07) is 50.5. The van der Waals surface area contributed by atoms with Gasteiger partial charge in [-0.15, -0.1) is 0 Å². The summed E-state index contributed by atoms with van der Waals surface area (Å²) in [5.74, 6) is 1.34. The average Bonchev–Trinajstić information content (AvgIpc) is 3.79. The molecule has 1 aliphatic rings. The number of aromatic nitrogens is 1. The van der Waals surface area contributed by atoms with Gasteiger partial charge in [0.25, 0.3) is 0 Å². The molecule has 0 fully saturated rings. The molecule has 0 radical (unpaired) electrons. The molecule has 4 heterocycles. The summed E-state index contributed by atoms with van der Waals surface area (Å²) in [5, 5.41) is 12.5. The van der Waals surface area contributed by atoms with Crippen molar-refractivity contribution in [3.63, 3.8) is 0 Å². The molecule has 0 bridgehead atoms. The number of fused-ring (bicyclic) bond motifs is 8. The van der Waals surface area contributed by atoms with E-state index in [4.69, 9.17) is 18.8 Å². The molecule has 0 saturated carbocycles. The number of benzene rings is 7. The molecule has 244 valence electrons. The topological polar surface area (TPSA) is 75.9 Å². The molecule has 6 nitrogen and oxygen atoms in total. The predicted molar refractivity (Wildman–Crippen MR) is 211 cm³/mol. The van der Waals surface area contributed by atoms with Crippen LogP contribution < -0.4 is 5.32 Å². The van der Waals surface area contributed by atoms with E-state index < -0.39 is 6.17 Å². The summed E-state index contributed by atoms with van der Waals surface area (Å²) in [5.41, 5.74) is 8.38. The van der Waals surface area contributed by atoms with Gasteiger partial charge in [-0.25, -0.2) is 9.98 Å². The zero-order chi connectivity index (χ0) is 34.2. The van der Waals surface area contributed by atoms with Gasteiger partial charge in [-0.2, -0.15) is 0 Å². The normalized spacial score (nSPS) is 14.7. The second-order valence-electron chi connectivity index (χ2n) is 13.2. The van der Waals surface area contributed by atoms with Crippen molar-refractivity contribution in [1.82, 2.24) is 10.3 Å². The van der Waals surface area contributed by atoms with Crippen LogP contribution in [0.4, 0.5) is 0 Å². The molecular weight excluding hydrogens is 641 g/mol. The number of nitrogens with one attached hydrogen (secondary N) is 1. The van der Waals surface area contributed by atoms with Crippen molar-refractivity contribution in [1.29, 1.82) is 0 Å². The Hall–Kier alpha value is -7.05. The van der Waals surface area contributed by atoms with E-state index in [-0.39, 0.29) is 0 Å². The third-order valence-corrected chi connectivity index (χ3v) is 10.2. The van der Waals surface area contributed by atoms with E-state index in [1.165, 1.54) is 5.39 Å². The maximum Gasteiger partial charge on any atom is 0.161 e. The first-order chi connectivity index (χ1) is 25.8. The van der Waals surface area contributed by atoms with Crippen molar-refractivity contribution in [2.45, 2.75) is 6.17 Å². The van der Waals surface area contributed by atoms with E-state index >= 15 is 0 Å². The van der Waals surface area contributed by atoms with Gasteiger partial charge in [-0.05, 0) is 62.5 Å². The number of hydrogen-bond donors (Lipinski definition) is 1. The summed E-state index contributed by atoms with van der Waals surface area (Å²) in [6.07, 6.45) is 3.22. The number of para-hydroxylation sites is 2. The van der Waals surface area contributed by atoms with E-state index in [9.17, 15) is 0 Å². The summed E-state index contributed by atoms with van der Waals surface area (Å²) >= 11 is 0. The molecule has 6 heteroatoms. The van der Waals surface area contributed by atoms with E-state index in [1.807, 2.05) is 42.6 Å². The smallest absolute Gasteiger partial charge is 0.161 e. The van der Waals surface area contributed by atoms with E-state index in [1.54, 1.807) is 6.20 Å². The Kier molecular flexibility index (Phi) is 6.21. The van der Waals surface area contributed by atoms with Crippen LogP contribution >= 0.6 is 0 Å². The van der Waals surface area contributed by atoms with Crippen molar-refractivity contribution in [2.75, 3.05) is 0 Å². The first-order valence-electron chi connectivity index (χ1n) is 17.4. The summed E-state index contributed by atoms with van der Waals surface area (Å²) in [7, 11) is 0. The van der Waals surface area contributed by atoms with Crippen LogP contribution in [0, 0.1) is 0 Å². The van der Waals surface area contributed by atoms with Gasteiger partial charge in [-0.1, -0.05) is 121 Å². The third-order valence-electron chi connectivity index (χ3n) is 10.2. The number of aliphatic imine (C=N–C) groups is 2. The maximum absolute atomic E-state index is 6.28. The lowest BCUT2D eigenvalue weighted by atomic mass is 9.92. The average molecular weight is 669 g/mol. The fourth-order valence-corrected chi connectivity index (χ4v) is 7.84. The Morgan fingerprint density at radius 2 is 1.10 bits per heavy atom. The van der Waals surface area contributed by atoms with Gasteiger partial charge < -0.3 is 14.2 Å². The molecule has 1 aliphatic heterocycles. The minimum Gasteiger partial charge on any atom is -0.456 e. The van der Waals surface area contributed by atoms with Crippen LogP contribution in [-0.4, -0.2) is 16.7 Å². The zero-order valence-corrected chi connectivity index (χ0v) is 27.7. The van der Waals surface area contributed by atoms with Gasteiger partial charge in [0.05, 0.1) is 6.20 Å². The first-order valence-corrected chi connectivity index (χ1v) is 17.4. The van der Waals surface area contributed by atoms with E-state index in [0.717, 1.165) is 88.1 Å². The quantitative estimate of drug-likeness (QED) is 0.202. The number of hydrogen-bond acceptors (Lipinski definition) is 6. The van der Waals surface area contributed by atoms with Gasteiger partial charge in [-0.3, -0.25) is 4.98 Å².